The molecule has 3 rings (SSSR count). The van der Waals surface area contributed by atoms with Crippen molar-refractivity contribution in [3.05, 3.63) is 71.7 Å². The second kappa shape index (κ2) is 9.01. The second-order valence-corrected chi connectivity index (χ2v) is 7.76. The van der Waals surface area contributed by atoms with Gasteiger partial charge < -0.3 is 9.72 Å². The largest absolute Gasteiger partial charge is 0.454 e. The third kappa shape index (κ3) is 5.19. The van der Waals surface area contributed by atoms with Gasteiger partial charge in [-0.3, -0.25) is 9.78 Å². The van der Waals surface area contributed by atoms with Crippen molar-refractivity contribution in [3.63, 3.8) is 0 Å². The Morgan fingerprint density at radius 1 is 1.25 bits per heavy atom. The Hall–Kier alpha value is -2.67. The van der Waals surface area contributed by atoms with Gasteiger partial charge >= 0.3 is 5.97 Å². The van der Waals surface area contributed by atoms with E-state index in [1.807, 2.05) is 38.1 Å². The summed E-state index contributed by atoms with van der Waals surface area (Å²) in [6.07, 6.45) is 1.54. The predicted molar refractivity (Wildman–Crippen MR) is 106 cm³/mol. The van der Waals surface area contributed by atoms with E-state index >= 15 is 0 Å². The number of hydrogen-bond donors (Lipinski definition) is 1. The molecular weight excluding hydrogens is 377 g/mol. The fraction of sp³-hybridized carbons (Fsp3) is 0.286. The number of nitrogens with zero attached hydrogens (tertiary/aromatic N) is 2. The van der Waals surface area contributed by atoms with Crippen LogP contribution in [0, 0.1) is 5.82 Å². The highest BCUT2D eigenvalue weighted by atomic mass is 32.2. The van der Waals surface area contributed by atoms with Gasteiger partial charge in [0.15, 0.2) is 6.10 Å². The Bertz CT molecular complexity index is 944. The number of halogens is 1. The van der Waals surface area contributed by atoms with E-state index < -0.39 is 6.10 Å². The molecule has 7 heteroatoms. The topological polar surface area (TPSA) is 67.9 Å². The smallest absolute Gasteiger partial charge is 0.303 e. The highest BCUT2D eigenvalue weighted by Crippen LogP contribution is 2.34. The van der Waals surface area contributed by atoms with E-state index in [1.165, 1.54) is 30.8 Å². The lowest BCUT2D eigenvalue weighted by Gasteiger charge is -2.14. The van der Waals surface area contributed by atoms with Crippen molar-refractivity contribution in [2.24, 2.45) is 0 Å². The van der Waals surface area contributed by atoms with Crippen molar-refractivity contribution < 1.29 is 13.9 Å². The van der Waals surface area contributed by atoms with E-state index in [0.717, 1.165) is 21.3 Å². The van der Waals surface area contributed by atoms with Crippen LogP contribution in [0.4, 0.5) is 4.39 Å². The molecule has 0 bridgehead atoms. The average Bonchev–Trinajstić information content (AvgIpc) is 3.06. The Balaban J connectivity index is 1.92. The molecule has 0 aliphatic heterocycles. The van der Waals surface area contributed by atoms with Crippen molar-refractivity contribution in [2.75, 3.05) is 0 Å². The van der Waals surface area contributed by atoms with Crippen LogP contribution in [-0.2, 0) is 16.0 Å². The molecular formula is C21H22FN3O2S. The van der Waals surface area contributed by atoms with E-state index in [-0.39, 0.29) is 17.7 Å². The van der Waals surface area contributed by atoms with Crippen molar-refractivity contribution in [3.8, 4) is 0 Å². The number of carbonyl (C=O) groups is 1. The molecule has 1 atom stereocenters. The Labute approximate surface area is 167 Å². The number of benzene rings is 1. The lowest BCUT2D eigenvalue weighted by Crippen LogP contribution is -2.13. The standard InChI is InChI=1S/C21H22FN3O2S/c1-13(2)19-21(28-17-9-6-7-15(22)11-17)25-20(24-19)18(27-14(3)26)12-16-8-4-5-10-23-16/h4-11,13,18H,12H2,1-3H3,(H,24,25). The molecule has 146 valence electrons. The van der Waals surface area contributed by atoms with E-state index in [4.69, 9.17) is 9.72 Å². The molecule has 5 nitrogen and oxygen atoms in total. The number of nitrogens with one attached hydrogen (secondary N) is 1. The third-order valence-electron chi connectivity index (χ3n) is 4.01. The van der Waals surface area contributed by atoms with E-state index in [1.54, 1.807) is 12.3 Å². The first kappa shape index (κ1) is 20.1. The minimum absolute atomic E-state index is 0.147. The quantitative estimate of drug-likeness (QED) is 0.562. The molecule has 2 heterocycles. The number of H-pyrrole nitrogens is 1. The van der Waals surface area contributed by atoms with Crippen LogP contribution in [0.2, 0.25) is 0 Å². The maximum atomic E-state index is 13.5. The third-order valence-corrected chi connectivity index (χ3v) is 5.02. The minimum atomic E-state index is -0.577. The molecule has 1 unspecified atom stereocenters. The number of carbonyl (C=O) groups excluding carboxylic acids is 1. The van der Waals surface area contributed by atoms with Crippen LogP contribution in [0.5, 0.6) is 0 Å². The second-order valence-electron chi connectivity index (χ2n) is 6.67. The number of aromatic nitrogens is 3. The maximum Gasteiger partial charge on any atom is 0.303 e. The van der Waals surface area contributed by atoms with Gasteiger partial charge in [-0.1, -0.05) is 37.7 Å². The number of esters is 1. The summed E-state index contributed by atoms with van der Waals surface area (Å²) in [6, 6.07) is 12.0. The minimum Gasteiger partial charge on any atom is -0.454 e. The molecule has 0 saturated carbocycles. The lowest BCUT2D eigenvalue weighted by atomic mass is 10.1. The first-order chi connectivity index (χ1) is 13.4. The summed E-state index contributed by atoms with van der Waals surface area (Å²) in [5, 5.41) is 0.814. The van der Waals surface area contributed by atoms with Gasteiger partial charge in [-0.2, -0.15) is 0 Å². The molecule has 0 saturated heterocycles. The number of aromatic amines is 1. The fourth-order valence-electron chi connectivity index (χ4n) is 2.76. The zero-order valence-corrected chi connectivity index (χ0v) is 16.8. The molecule has 2 aromatic heterocycles. The van der Waals surface area contributed by atoms with Crippen LogP contribution in [-0.4, -0.2) is 20.9 Å². The number of rotatable bonds is 7. The lowest BCUT2D eigenvalue weighted by molar-refractivity contribution is -0.147. The summed E-state index contributed by atoms with van der Waals surface area (Å²) in [4.78, 5) is 24.7. The average molecular weight is 399 g/mol. The van der Waals surface area contributed by atoms with E-state index in [9.17, 15) is 9.18 Å². The van der Waals surface area contributed by atoms with Gasteiger partial charge in [-0.05, 0) is 36.2 Å². The van der Waals surface area contributed by atoms with Crippen LogP contribution in [0.25, 0.3) is 0 Å². The highest BCUT2D eigenvalue weighted by molar-refractivity contribution is 7.99. The first-order valence-electron chi connectivity index (χ1n) is 9.02. The predicted octanol–water partition coefficient (Wildman–Crippen LogP) is 5.07. The fourth-order valence-corrected chi connectivity index (χ4v) is 3.86. The molecule has 0 fully saturated rings. The van der Waals surface area contributed by atoms with Crippen LogP contribution >= 0.6 is 11.8 Å². The zero-order valence-electron chi connectivity index (χ0n) is 16.0. The normalized spacial score (nSPS) is 12.2. The molecule has 0 spiro atoms. The highest BCUT2D eigenvalue weighted by Gasteiger charge is 2.24. The summed E-state index contributed by atoms with van der Waals surface area (Å²) in [5.74, 6) is 0.0314. The number of pyridine rings is 1. The van der Waals surface area contributed by atoms with Gasteiger partial charge in [0.25, 0.3) is 0 Å². The molecule has 0 aliphatic rings. The monoisotopic (exact) mass is 399 g/mol. The van der Waals surface area contributed by atoms with Gasteiger partial charge in [0.2, 0.25) is 0 Å². The van der Waals surface area contributed by atoms with Crippen molar-refractivity contribution in [2.45, 2.75) is 49.1 Å². The van der Waals surface area contributed by atoms with Gasteiger partial charge in [0.05, 0.1) is 5.69 Å². The van der Waals surface area contributed by atoms with Crippen LogP contribution in [0.1, 0.15) is 50.0 Å². The molecule has 0 aliphatic carbocycles. The SMILES string of the molecule is CC(=O)OC(Cc1ccccn1)c1nc(C(C)C)c(Sc2cccc(F)c2)[nH]1. The first-order valence-corrected chi connectivity index (χ1v) is 9.84. The van der Waals surface area contributed by atoms with Crippen LogP contribution in [0.15, 0.2) is 58.6 Å². The number of ether oxygens (including phenoxy) is 1. The Morgan fingerprint density at radius 2 is 2.07 bits per heavy atom. The summed E-state index contributed by atoms with van der Waals surface area (Å²) in [5.41, 5.74) is 1.65. The molecule has 3 aromatic rings. The Morgan fingerprint density at radius 3 is 2.71 bits per heavy atom. The zero-order chi connectivity index (χ0) is 20.1. The molecule has 0 radical (unpaired) electrons. The molecule has 1 N–H and O–H groups in total. The van der Waals surface area contributed by atoms with Crippen LogP contribution < -0.4 is 0 Å². The maximum absolute atomic E-state index is 13.5. The summed E-state index contributed by atoms with van der Waals surface area (Å²) in [7, 11) is 0. The molecule has 1 aromatic carbocycles. The van der Waals surface area contributed by atoms with E-state index in [0.29, 0.717) is 12.2 Å². The van der Waals surface area contributed by atoms with Gasteiger partial charge in [0, 0.05) is 30.1 Å². The summed E-state index contributed by atoms with van der Waals surface area (Å²) in [6.45, 7) is 5.45. The van der Waals surface area contributed by atoms with Crippen molar-refractivity contribution in [1.29, 1.82) is 0 Å². The molecule has 0 amide bonds. The summed E-state index contributed by atoms with van der Waals surface area (Å²) < 4.78 is 19.1. The number of imidazole rings is 1. The van der Waals surface area contributed by atoms with Crippen molar-refractivity contribution >= 4 is 17.7 Å². The van der Waals surface area contributed by atoms with Gasteiger partial charge in [0.1, 0.15) is 16.7 Å². The van der Waals surface area contributed by atoms with Crippen LogP contribution in [0.3, 0.4) is 0 Å². The molecule has 28 heavy (non-hydrogen) atoms. The van der Waals surface area contributed by atoms with Gasteiger partial charge in [-0.15, -0.1) is 0 Å². The van der Waals surface area contributed by atoms with Gasteiger partial charge in [-0.25, -0.2) is 9.37 Å². The summed E-state index contributed by atoms with van der Waals surface area (Å²) >= 11 is 1.41. The Kier molecular flexibility index (Phi) is 6.46. The van der Waals surface area contributed by atoms with E-state index in [2.05, 4.69) is 9.97 Å². The number of hydrogen-bond acceptors (Lipinski definition) is 5. The van der Waals surface area contributed by atoms with Crippen molar-refractivity contribution in [1.82, 2.24) is 15.0 Å².